The van der Waals surface area contributed by atoms with E-state index in [1.54, 1.807) is 19.2 Å². The largest absolute Gasteiger partial charge is 0.497 e. The molecule has 0 bridgehead atoms. The number of carbonyl (C=O) groups is 1. The number of Topliss-reactive ketones (excluding diaryl/α,β-unsaturated/α-hetero) is 1. The molecule has 0 unspecified atom stereocenters. The highest BCUT2D eigenvalue weighted by Gasteiger charge is 2.17. The lowest BCUT2D eigenvalue weighted by Gasteiger charge is -2.09. The number of ketones is 1. The van der Waals surface area contributed by atoms with Crippen molar-refractivity contribution in [2.45, 2.75) is 5.22 Å². The first-order valence-electron chi connectivity index (χ1n) is 10.4. The fourth-order valence-corrected chi connectivity index (χ4v) is 4.27. The van der Waals surface area contributed by atoms with Crippen molar-refractivity contribution in [3.8, 4) is 28.5 Å². The predicted molar refractivity (Wildman–Crippen MR) is 134 cm³/mol. The lowest BCUT2D eigenvalue weighted by Crippen LogP contribution is -2.01. The van der Waals surface area contributed by atoms with Crippen molar-refractivity contribution in [2.75, 3.05) is 12.9 Å². The van der Waals surface area contributed by atoms with Crippen molar-refractivity contribution in [1.29, 1.82) is 0 Å². The Morgan fingerprint density at radius 2 is 1.79 bits per heavy atom. The minimum atomic E-state index is -0.00512. The smallest absolute Gasteiger partial charge is 0.277 e. The molecule has 3 aromatic carbocycles. The standard InChI is InChI=1S/C26H18ClN3O3S/c1-32-19-11-12-22-20(13-19)21(14-23(28-22)16-7-9-18(27)10-8-16)25-29-30-26(33-25)34-15-24(31)17-5-3-2-4-6-17/h2-14H,15H2,1H3. The van der Waals surface area contributed by atoms with Crippen LogP contribution in [0.3, 0.4) is 0 Å². The van der Waals surface area contributed by atoms with Gasteiger partial charge in [-0.3, -0.25) is 4.79 Å². The Kier molecular flexibility index (Phi) is 6.29. The minimum absolute atomic E-state index is 0.00512. The molecule has 0 amide bonds. The molecule has 0 radical (unpaired) electrons. The monoisotopic (exact) mass is 487 g/mol. The third-order valence-corrected chi connectivity index (χ3v) is 6.29. The van der Waals surface area contributed by atoms with Crippen LogP contribution in [0, 0.1) is 0 Å². The molecule has 5 aromatic rings. The van der Waals surface area contributed by atoms with E-state index in [4.69, 9.17) is 25.7 Å². The Bertz CT molecular complexity index is 1470. The molecule has 0 saturated heterocycles. The summed E-state index contributed by atoms with van der Waals surface area (Å²) >= 11 is 7.26. The molecule has 0 atom stereocenters. The fourth-order valence-electron chi connectivity index (χ4n) is 3.49. The molecule has 34 heavy (non-hydrogen) atoms. The predicted octanol–water partition coefficient (Wildman–Crippen LogP) is 6.59. The van der Waals surface area contributed by atoms with E-state index in [1.807, 2.05) is 66.7 Å². The molecule has 0 N–H and O–H groups in total. The number of benzene rings is 3. The van der Waals surface area contributed by atoms with Gasteiger partial charge in [0.15, 0.2) is 5.78 Å². The van der Waals surface area contributed by atoms with Gasteiger partial charge in [0, 0.05) is 21.5 Å². The SMILES string of the molecule is COc1ccc2nc(-c3ccc(Cl)cc3)cc(-c3nnc(SCC(=O)c4ccccc4)o3)c2c1. The maximum atomic E-state index is 12.4. The molecule has 0 aliphatic rings. The van der Waals surface area contributed by atoms with Crippen LogP contribution in [0.25, 0.3) is 33.6 Å². The fraction of sp³-hybridized carbons (Fsp3) is 0.0769. The number of rotatable bonds is 7. The van der Waals surface area contributed by atoms with Crippen molar-refractivity contribution < 1.29 is 13.9 Å². The van der Waals surface area contributed by atoms with E-state index < -0.39 is 0 Å². The van der Waals surface area contributed by atoms with Crippen LogP contribution in [0.2, 0.25) is 5.02 Å². The first-order valence-corrected chi connectivity index (χ1v) is 11.8. The van der Waals surface area contributed by atoms with E-state index in [0.717, 1.165) is 27.7 Å². The molecule has 8 heteroatoms. The Morgan fingerprint density at radius 3 is 2.56 bits per heavy atom. The Labute approximate surface area is 205 Å². The van der Waals surface area contributed by atoms with Crippen LogP contribution < -0.4 is 4.74 Å². The lowest BCUT2D eigenvalue weighted by atomic mass is 10.0. The van der Waals surface area contributed by atoms with Crippen LogP contribution in [0.1, 0.15) is 10.4 Å². The number of pyridine rings is 1. The van der Waals surface area contributed by atoms with Crippen molar-refractivity contribution >= 4 is 40.0 Å². The van der Waals surface area contributed by atoms with Gasteiger partial charge in [0.2, 0.25) is 5.89 Å². The molecule has 0 fully saturated rings. The molecular weight excluding hydrogens is 470 g/mol. The topological polar surface area (TPSA) is 78.1 Å². The summed E-state index contributed by atoms with van der Waals surface area (Å²) < 4.78 is 11.3. The highest BCUT2D eigenvalue weighted by Crippen LogP contribution is 2.34. The van der Waals surface area contributed by atoms with Gasteiger partial charge in [-0.2, -0.15) is 0 Å². The first kappa shape index (κ1) is 22.1. The number of aromatic nitrogens is 3. The summed E-state index contributed by atoms with van der Waals surface area (Å²) in [4.78, 5) is 17.2. The van der Waals surface area contributed by atoms with Gasteiger partial charge in [-0.05, 0) is 36.4 Å². The van der Waals surface area contributed by atoms with Crippen molar-refractivity contribution in [1.82, 2.24) is 15.2 Å². The molecule has 168 valence electrons. The summed E-state index contributed by atoms with van der Waals surface area (Å²) in [5, 5.41) is 10.2. The highest BCUT2D eigenvalue weighted by atomic mass is 35.5. The van der Waals surface area contributed by atoms with E-state index in [2.05, 4.69) is 10.2 Å². The van der Waals surface area contributed by atoms with Crippen LogP contribution in [0.4, 0.5) is 0 Å². The Balaban J connectivity index is 1.50. The zero-order chi connectivity index (χ0) is 23.5. The van der Waals surface area contributed by atoms with Crippen molar-refractivity contribution in [2.24, 2.45) is 0 Å². The molecule has 0 saturated carbocycles. The van der Waals surface area contributed by atoms with Crippen LogP contribution in [-0.4, -0.2) is 33.8 Å². The van der Waals surface area contributed by atoms with E-state index >= 15 is 0 Å². The lowest BCUT2D eigenvalue weighted by molar-refractivity contribution is 0.102. The van der Waals surface area contributed by atoms with Crippen LogP contribution in [0.15, 0.2) is 88.5 Å². The van der Waals surface area contributed by atoms with Gasteiger partial charge >= 0.3 is 0 Å². The van der Waals surface area contributed by atoms with Crippen molar-refractivity contribution in [3.63, 3.8) is 0 Å². The zero-order valence-electron chi connectivity index (χ0n) is 18.1. The second-order valence-corrected chi connectivity index (χ2v) is 8.76. The third-order valence-electron chi connectivity index (χ3n) is 5.22. The number of carbonyl (C=O) groups excluding carboxylic acids is 1. The van der Waals surface area contributed by atoms with E-state index in [1.165, 1.54) is 11.8 Å². The second kappa shape index (κ2) is 9.67. The van der Waals surface area contributed by atoms with Gasteiger partial charge in [0.25, 0.3) is 5.22 Å². The summed E-state index contributed by atoms with van der Waals surface area (Å²) in [5.74, 6) is 1.23. The van der Waals surface area contributed by atoms with Gasteiger partial charge in [-0.15, -0.1) is 10.2 Å². The third kappa shape index (κ3) is 4.66. The number of ether oxygens (including phenoxy) is 1. The summed E-state index contributed by atoms with van der Waals surface area (Å²) in [6, 6.07) is 24.1. The number of methoxy groups -OCH3 is 1. The summed E-state index contributed by atoms with van der Waals surface area (Å²) in [7, 11) is 1.61. The Hall–Kier alpha value is -3.68. The van der Waals surface area contributed by atoms with Gasteiger partial charge in [0.05, 0.1) is 29.6 Å². The summed E-state index contributed by atoms with van der Waals surface area (Å²) in [5.41, 5.74) is 3.79. The van der Waals surface area contributed by atoms with Gasteiger partial charge in [-0.25, -0.2) is 4.98 Å². The molecule has 0 aliphatic carbocycles. The molecule has 2 heterocycles. The molecular formula is C26H18ClN3O3S. The number of halogens is 1. The quantitative estimate of drug-likeness (QED) is 0.189. The van der Waals surface area contributed by atoms with E-state index in [-0.39, 0.29) is 11.5 Å². The second-order valence-electron chi connectivity index (χ2n) is 7.40. The van der Waals surface area contributed by atoms with Gasteiger partial charge < -0.3 is 9.15 Å². The van der Waals surface area contributed by atoms with Crippen LogP contribution in [-0.2, 0) is 0 Å². The normalized spacial score (nSPS) is 11.0. The average molecular weight is 488 g/mol. The maximum absolute atomic E-state index is 12.4. The van der Waals surface area contributed by atoms with Crippen LogP contribution in [0.5, 0.6) is 5.75 Å². The average Bonchev–Trinajstić information content (AvgIpc) is 3.36. The number of nitrogens with zero attached hydrogens (tertiary/aromatic N) is 3. The number of thioether (sulfide) groups is 1. The Morgan fingerprint density at radius 1 is 1.00 bits per heavy atom. The summed E-state index contributed by atoms with van der Waals surface area (Å²) in [6.07, 6.45) is 0. The van der Waals surface area contributed by atoms with Crippen LogP contribution >= 0.6 is 23.4 Å². The van der Waals surface area contributed by atoms with Gasteiger partial charge in [-0.1, -0.05) is 65.8 Å². The molecule has 0 aliphatic heterocycles. The van der Waals surface area contributed by atoms with Crippen molar-refractivity contribution in [3.05, 3.63) is 89.4 Å². The first-order chi connectivity index (χ1) is 16.6. The zero-order valence-corrected chi connectivity index (χ0v) is 19.6. The molecule has 6 nitrogen and oxygen atoms in total. The number of hydrogen-bond donors (Lipinski definition) is 0. The number of hydrogen-bond acceptors (Lipinski definition) is 7. The summed E-state index contributed by atoms with van der Waals surface area (Å²) in [6.45, 7) is 0. The highest BCUT2D eigenvalue weighted by molar-refractivity contribution is 7.99. The minimum Gasteiger partial charge on any atom is -0.497 e. The van der Waals surface area contributed by atoms with Gasteiger partial charge in [0.1, 0.15) is 5.75 Å². The van der Waals surface area contributed by atoms with E-state index in [0.29, 0.717) is 27.4 Å². The molecule has 5 rings (SSSR count). The number of fused-ring (bicyclic) bond motifs is 1. The molecule has 2 aromatic heterocycles. The maximum Gasteiger partial charge on any atom is 0.277 e. The molecule has 0 spiro atoms. The van der Waals surface area contributed by atoms with E-state index in [9.17, 15) is 4.79 Å².